The molecule has 0 saturated carbocycles. The highest BCUT2D eigenvalue weighted by Gasteiger charge is 2.20. The number of carbonyl (C=O) groups excluding carboxylic acids is 1. The zero-order chi connectivity index (χ0) is 13.9. The van der Waals surface area contributed by atoms with Gasteiger partial charge in [0.2, 0.25) is 0 Å². The maximum absolute atomic E-state index is 11.6. The Labute approximate surface area is 121 Å². The Bertz CT molecular complexity index is 582. The molecule has 5 nitrogen and oxygen atoms in total. The number of amides is 2. The van der Waals surface area contributed by atoms with Crippen LogP contribution in [0.4, 0.5) is 16.2 Å². The van der Waals surface area contributed by atoms with Crippen LogP contribution in [0.15, 0.2) is 35.8 Å². The zero-order valence-electron chi connectivity index (χ0n) is 11.2. The van der Waals surface area contributed by atoms with Crippen molar-refractivity contribution < 1.29 is 4.79 Å². The minimum atomic E-state index is -0.0261. The van der Waals surface area contributed by atoms with E-state index in [1.807, 2.05) is 35.8 Å². The predicted molar refractivity (Wildman–Crippen MR) is 81.3 cm³/mol. The van der Waals surface area contributed by atoms with Gasteiger partial charge in [0.1, 0.15) is 5.01 Å². The number of carbonyl (C=O) groups is 1. The Morgan fingerprint density at radius 2 is 2.20 bits per heavy atom. The van der Waals surface area contributed by atoms with Crippen molar-refractivity contribution in [2.75, 3.05) is 23.3 Å². The van der Waals surface area contributed by atoms with Crippen LogP contribution in [-0.4, -0.2) is 24.1 Å². The molecule has 0 spiro atoms. The van der Waals surface area contributed by atoms with Gasteiger partial charge in [-0.3, -0.25) is 4.90 Å². The van der Waals surface area contributed by atoms with Gasteiger partial charge in [-0.15, -0.1) is 11.3 Å². The second-order valence-corrected chi connectivity index (χ2v) is 5.59. The van der Waals surface area contributed by atoms with Crippen LogP contribution >= 0.6 is 11.3 Å². The molecule has 2 aromatic rings. The van der Waals surface area contributed by atoms with E-state index in [4.69, 9.17) is 0 Å². The van der Waals surface area contributed by atoms with Gasteiger partial charge in [-0.05, 0) is 31.2 Å². The van der Waals surface area contributed by atoms with Gasteiger partial charge in [-0.1, -0.05) is 0 Å². The Hall–Kier alpha value is -2.08. The fraction of sp³-hybridized carbons (Fsp3) is 0.286. The van der Waals surface area contributed by atoms with Crippen molar-refractivity contribution in [1.82, 2.24) is 10.3 Å². The molecule has 0 radical (unpaired) electrons. The molecule has 2 heterocycles. The average molecular weight is 288 g/mol. The molecule has 0 aliphatic carbocycles. The molecule has 1 saturated heterocycles. The lowest BCUT2D eigenvalue weighted by molar-refractivity contribution is 0.252. The summed E-state index contributed by atoms with van der Waals surface area (Å²) < 4.78 is 0. The quantitative estimate of drug-likeness (QED) is 0.909. The second kappa shape index (κ2) is 5.50. The summed E-state index contributed by atoms with van der Waals surface area (Å²) in [4.78, 5) is 17.6. The molecule has 1 unspecified atom stereocenters. The van der Waals surface area contributed by atoms with E-state index in [0.29, 0.717) is 6.54 Å². The average Bonchev–Trinajstić information content (AvgIpc) is 3.11. The lowest BCUT2D eigenvalue weighted by Crippen LogP contribution is -2.27. The SMILES string of the molecule is CC(Nc1ccc(N2CCNC2=O)cc1)c1nccs1. The number of aromatic nitrogens is 1. The number of anilines is 2. The Kier molecular flexibility index (Phi) is 3.56. The highest BCUT2D eigenvalue weighted by molar-refractivity contribution is 7.09. The van der Waals surface area contributed by atoms with E-state index in [1.165, 1.54) is 0 Å². The largest absolute Gasteiger partial charge is 0.376 e. The predicted octanol–water partition coefficient (Wildman–Crippen LogP) is 2.85. The molecule has 104 valence electrons. The number of thiazole rings is 1. The summed E-state index contributed by atoms with van der Waals surface area (Å²) in [6.07, 6.45) is 1.81. The summed E-state index contributed by atoms with van der Waals surface area (Å²) in [5, 5.41) is 9.24. The van der Waals surface area contributed by atoms with Crippen LogP contribution < -0.4 is 15.5 Å². The molecular weight excluding hydrogens is 272 g/mol. The van der Waals surface area contributed by atoms with Crippen LogP contribution in [0.3, 0.4) is 0 Å². The smallest absolute Gasteiger partial charge is 0.321 e. The molecule has 1 atom stereocenters. The van der Waals surface area contributed by atoms with Crippen LogP contribution in [0.2, 0.25) is 0 Å². The van der Waals surface area contributed by atoms with Gasteiger partial charge in [-0.2, -0.15) is 0 Å². The third-order valence-electron chi connectivity index (χ3n) is 3.24. The van der Waals surface area contributed by atoms with Crippen LogP contribution in [0.5, 0.6) is 0 Å². The van der Waals surface area contributed by atoms with Crippen molar-refractivity contribution in [2.45, 2.75) is 13.0 Å². The summed E-state index contributed by atoms with van der Waals surface area (Å²) >= 11 is 1.64. The van der Waals surface area contributed by atoms with Crippen molar-refractivity contribution in [3.05, 3.63) is 40.8 Å². The highest BCUT2D eigenvalue weighted by atomic mass is 32.1. The number of nitrogens with one attached hydrogen (secondary N) is 2. The summed E-state index contributed by atoms with van der Waals surface area (Å²) in [5.41, 5.74) is 1.95. The molecule has 20 heavy (non-hydrogen) atoms. The van der Waals surface area contributed by atoms with Gasteiger partial charge < -0.3 is 10.6 Å². The molecule has 3 rings (SSSR count). The molecule has 1 fully saturated rings. The number of urea groups is 1. The molecule has 6 heteroatoms. The number of hydrogen-bond acceptors (Lipinski definition) is 4. The van der Waals surface area contributed by atoms with Crippen LogP contribution in [0.1, 0.15) is 18.0 Å². The highest BCUT2D eigenvalue weighted by Crippen LogP contribution is 2.24. The molecule has 2 amide bonds. The van der Waals surface area contributed by atoms with E-state index in [9.17, 15) is 4.79 Å². The lowest BCUT2D eigenvalue weighted by Gasteiger charge is -2.16. The van der Waals surface area contributed by atoms with Gasteiger partial charge in [0.25, 0.3) is 0 Å². The molecule has 1 aromatic carbocycles. The third kappa shape index (κ3) is 2.60. The zero-order valence-corrected chi connectivity index (χ0v) is 12.0. The molecule has 1 aromatic heterocycles. The number of hydrogen-bond donors (Lipinski definition) is 2. The van der Waals surface area contributed by atoms with Gasteiger partial charge in [0.15, 0.2) is 0 Å². The molecule has 0 bridgehead atoms. The first-order valence-electron chi connectivity index (χ1n) is 6.55. The van der Waals surface area contributed by atoms with Crippen molar-refractivity contribution in [1.29, 1.82) is 0 Å². The third-order valence-corrected chi connectivity index (χ3v) is 4.20. The minimum absolute atomic E-state index is 0.0261. The molecule has 1 aliphatic heterocycles. The van der Waals surface area contributed by atoms with Crippen LogP contribution in [0.25, 0.3) is 0 Å². The van der Waals surface area contributed by atoms with Crippen molar-refractivity contribution >= 4 is 28.7 Å². The van der Waals surface area contributed by atoms with Crippen molar-refractivity contribution in [3.63, 3.8) is 0 Å². The van der Waals surface area contributed by atoms with Crippen molar-refractivity contribution in [2.24, 2.45) is 0 Å². The van der Waals surface area contributed by atoms with Crippen LogP contribution in [-0.2, 0) is 0 Å². The first-order chi connectivity index (χ1) is 9.74. The van der Waals surface area contributed by atoms with Crippen LogP contribution in [0, 0.1) is 0 Å². The lowest BCUT2D eigenvalue weighted by atomic mass is 10.2. The molecular formula is C14H16N4OS. The maximum atomic E-state index is 11.6. The first-order valence-corrected chi connectivity index (χ1v) is 7.43. The van der Waals surface area contributed by atoms with Gasteiger partial charge in [-0.25, -0.2) is 9.78 Å². The summed E-state index contributed by atoms with van der Waals surface area (Å²) in [7, 11) is 0. The Morgan fingerprint density at radius 3 is 2.80 bits per heavy atom. The minimum Gasteiger partial charge on any atom is -0.376 e. The summed E-state index contributed by atoms with van der Waals surface area (Å²) in [6.45, 7) is 3.52. The van der Waals surface area contributed by atoms with E-state index >= 15 is 0 Å². The van der Waals surface area contributed by atoms with E-state index < -0.39 is 0 Å². The standard InChI is InChI=1S/C14H16N4OS/c1-10(13-15-7-9-20-13)17-11-2-4-12(5-3-11)18-8-6-16-14(18)19/h2-5,7,9-10,17H,6,8H2,1H3,(H,16,19). The Balaban J connectivity index is 1.68. The van der Waals surface area contributed by atoms with Crippen molar-refractivity contribution in [3.8, 4) is 0 Å². The monoisotopic (exact) mass is 288 g/mol. The summed E-state index contributed by atoms with van der Waals surface area (Å²) in [5.74, 6) is 0. The molecule has 1 aliphatic rings. The molecule has 2 N–H and O–H groups in total. The van der Waals surface area contributed by atoms with E-state index in [1.54, 1.807) is 16.2 Å². The summed E-state index contributed by atoms with van der Waals surface area (Å²) in [6, 6.07) is 8.05. The number of benzene rings is 1. The van der Waals surface area contributed by atoms with Gasteiger partial charge in [0, 0.05) is 36.0 Å². The number of rotatable bonds is 4. The first kappa shape index (κ1) is 12.9. The second-order valence-electron chi connectivity index (χ2n) is 4.67. The number of nitrogens with zero attached hydrogens (tertiary/aromatic N) is 2. The van der Waals surface area contributed by atoms with E-state index in [2.05, 4.69) is 22.5 Å². The van der Waals surface area contributed by atoms with E-state index in [0.717, 1.165) is 22.9 Å². The van der Waals surface area contributed by atoms with Gasteiger partial charge in [0.05, 0.1) is 6.04 Å². The van der Waals surface area contributed by atoms with E-state index in [-0.39, 0.29) is 12.1 Å². The fourth-order valence-electron chi connectivity index (χ4n) is 2.22. The Morgan fingerprint density at radius 1 is 1.40 bits per heavy atom. The van der Waals surface area contributed by atoms with Gasteiger partial charge >= 0.3 is 6.03 Å². The topological polar surface area (TPSA) is 57.3 Å². The fourth-order valence-corrected chi connectivity index (χ4v) is 2.86. The maximum Gasteiger partial charge on any atom is 0.321 e. The normalized spacial score (nSPS) is 16.1.